The van der Waals surface area contributed by atoms with Crippen LogP contribution in [0.4, 0.5) is 17.6 Å². The number of fused-ring (bicyclic) bond motifs is 4. The number of likely N-dealkylation sites (tertiary alicyclic amines) is 4. The maximum Gasteiger partial charge on any atom is 0.255 e. The van der Waals surface area contributed by atoms with Crippen LogP contribution in [-0.4, -0.2) is 274 Å². The van der Waals surface area contributed by atoms with Gasteiger partial charge in [0.25, 0.3) is 35.4 Å². The minimum atomic E-state index is -1.22. The molecule has 37 heteroatoms. The molecule has 0 bridgehead atoms. The zero-order valence-corrected chi connectivity index (χ0v) is 69.2. The average Bonchev–Trinajstić information content (AvgIpc) is 1.66. The molecule has 7 N–H and O–H groups in total. The highest BCUT2D eigenvalue weighted by atomic mass is 19.2. The number of rotatable bonds is 18. The Morgan fingerprint density at radius 2 is 0.816 bits per heavy atom. The number of aliphatic hydroxyl groups excluding tert-OH is 2. The second kappa shape index (κ2) is 37.0. The molecule has 14 aromatic rings. The number of aliphatic hydroxyl groups is 2. The Bertz CT molecular complexity index is 6170. The number of hydrogen-bond acceptors (Lipinski definition) is 21. The van der Waals surface area contributed by atoms with Crippen LogP contribution in [0.1, 0.15) is 141 Å². The first-order chi connectivity index (χ1) is 60.2. The molecule has 18 rings (SSSR count). The summed E-state index contributed by atoms with van der Waals surface area (Å²) in [6, 6.07) is 34.6. The molecule has 0 aliphatic carbocycles. The number of halogens is 4. The Morgan fingerprint density at radius 1 is 0.424 bits per heavy atom. The molecule has 125 heavy (non-hydrogen) atoms. The van der Waals surface area contributed by atoms with Crippen molar-refractivity contribution < 1.29 is 56.5 Å². The van der Waals surface area contributed by atoms with Gasteiger partial charge in [0.05, 0.1) is 59.2 Å². The molecule has 0 unspecified atom stereocenters. The summed E-state index contributed by atoms with van der Waals surface area (Å²) in [5.41, 5.74) is 10.9. The van der Waals surface area contributed by atoms with Crippen LogP contribution in [0, 0.1) is 0 Å². The molecular formula is C88H93F4N25O8. The third kappa shape index (κ3) is 19.9. The number of pyridine rings is 6. The molecule has 6 amide bonds. The number of aromatic nitrogens is 18. The highest BCUT2D eigenvalue weighted by molar-refractivity contribution is 6.01. The van der Waals surface area contributed by atoms with Gasteiger partial charge in [0.1, 0.15) is 51.0 Å². The predicted octanol–water partition coefficient (Wildman–Crippen LogP) is 10.2. The summed E-state index contributed by atoms with van der Waals surface area (Å²) in [5, 5.41) is 52.1. The predicted molar refractivity (Wildman–Crippen MR) is 456 cm³/mol. The second-order valence-corrected chi connectivity index (χ2v) is 32.3. The fraction of sp³-hybridized carbons (Fsp3) is 0.341. The number of nitrogens with two attached hydrogens (primary N) is 1. The van der Waals surface area contributed by atoms with E-state index in [0.29, 0.717) is 184 Å². The lowest BCUT2D eigenvalue weighted by molar-refractivity contribution is 0.0493. The highest BCUT2D eigenvalue weighted by Crippen LogP contribution is 2.34. The molecule has 0 saturated carbocycles. The molecule has 646 valence electrons. The molecule has 33 nitrogen and oxygen atoms in total. The number of carbonyl (C=O) groups excluding carboxylic acids is 6. The van der Waals surface area contributed by atoms with Gasteiger partial charge in [-0.1, -0.05) is 6.07 Å². The van der Waals surface area contributed by atoms with Gasteiger partial charge in [-0.15, -0.1) is 20.4 Å². The maximum absolute atomic E-state index is 14.1. The number of benzene rings is 2. The average molecular weight is 1700 g/mol. The number of nitrogens with one attached hydrogen (secondary N) is 3. The van der Waals surface area contributed by atoms with Crippen molar-refractivity contribution in [1.82, 2.24) is 119 Å². The van der Waals surface area contributed by atoms with Gasteiger partial charge in [-0.3, -0.25) is 47.9 Å². The summed E-state index contributed by atoms with van der Waals surface area (Å²) in [4.78, 5) is 111. The van der Waals surface area contributed by atoms with Crippen LogP contribution in [0.2, 0.25) is 0 Å². The van der Waals surface area contributed by atoms with Crippen molar-refractivity contribution in [2.24, 2.45) is 5.73 Å². The largest absolute Gasteiger partial charge is 0.395 e. The lowest BCUT2D eigenvalue weighted by Crippen LogP contribution is -2.43. The van der Waals surface area contributed by atoms with Crippen molar-refractivity contribution in [1.29, 1.82) is 0 Å². The fourth-order valence-corrected chi connectivity index (χ4v) is 15.3. The van der Waals surface area contributed by atoms with Gasteiger partial charge in [0.15, 0.2) is 0 Å². The van der Waals surface area contributed by atoms with Crippen molar-refractivity contribution in [3.63, 3.8) is 0 Å². The summed E-state index contributed by atoms with van der Waals surface area (Å²) in [6.07, 6.45) is 21.6. The van der Waals surface area contributed by atoms with Crippen LogP contribution in [0.5, 0.6) is 0 Å². The second-order valence-electron chi connectivity index (χ2n) is 32.3. The number of aromatic amines is 2. The number of piperidine rings is 4. The number of tetrazole rings is 2. The molecule has 4 fully saturated rings. The summed E-state index contributed by atoms with van der Waals surface area (Å²) >= 11 is 0. The molecule has 4 saturated heterocycles. The van der Waals surface area contributed by atoms with Gasteiger partial charge in [0.2, 0.25) is 11.6 Å². The molecule has 0 atom stereocenters. The van der Waals surface area contributed by atoms with Crippen molar-refractivity contribution in [2.45, 2.75) is 102 Å². The fourth-order valence-electron chi connectivity index (χ4n) is 15.3. The molecule has 0 radical (unpaired) electrons. The topological polar surface area (TPSA) is 403 Å². The standard InChI is InChI=1S/C25H29FN4O4.C23H26FN5O2.2C20H19FN8O/c1-25(26)7-10-28(11-8-25)24(34)20-16-19-6-9-30(22(19)27-17-20)21-4-2-18(3-5-21)23(33)29(12-14-31)13-15-32;1-23(24)6-11-28(12-7-23)22(31)18-13-16-5-10-29(20(16)27-15-18)19-4-2-3-17(14-19)21(30)26-9-8-25;1-20(21)3-6-28(7-4-20)19(30)15-8-13-2-5-29(18(13)23-11-15)16-9-14(10-22-12-16)17-24-26-27-25-17;1-20(21)5-8-28(9-6-20)19(30)14-10-13-4-7-29(18(13)23-11-14)15-2-3-16(22-12-15)17-24-26-27-25-17/h2-6,9,16-17,31-32H,7-8,10-15H2,1H3;2-5,10,13-15H,6-9,11-12,25H2,1H3,(H,26,30);2,5,8-12H,3-4,6-7H2,1H3,(H,24,25,26,27);2-4,7,10-12H,5-6,8-9H2,1H3,(H,24,25,26,27). The summed E-state index contributed by atoms with van der Waals surface area (Å²) in [7, 11) is 0. The number of amides is 6. The minimum Gasteiger partial charge on any atom is -0.395 e. The summed E-state index contributed by atoms with van der Waals surface area (Å²) < 4.78 is 63.7. The first-order valence-corrected chi connectivity index (χ1v) is 41.1. The molecule has 4 aliphatic heterocycles. The monoisotopic (exact) mass is 1700 g/mol. The number of H-pyrrole nitrogens is 2. The highest BCUT2D eigenvalue weighted by Gasteiger charge is 2.37. The summed E-state index contributed by atoms with van der Waals surface area (Å²) in [5.74, 6) is -0.0765. The van der Waals surface area contributed by atoms with E-state index in [9.17, 15) is 46.3 Å². The minimum absolute atomic E-state index is 0.112. The van der Waals surface area contributed by atoms with Crippen LogP contribution in [0.25, 0.3) is 89.8 Å². The zero-order valence-electron chi connectivity index (χ0n) is 69.2. The van der Waals surface area contributed by atoms with E-state index in [4.69, 9.17) is 15.9 Å². The SMILES string of the molecule is CC1(F)CCN(C(=O)c2cnc3c(ccn3-c3ccc(-c4nn[nH]n4)nc3)c2)CC1.CC1(F)CCN(C(=O)c2cnc3c(ccn3-c3ccc(C(=O)N(CCO)CCO)cc3)c2)CC1.CC1(F)CCN(C(=O)c2cnc3c(ccn3-c3cccc(C(=O)NCCN)c3)c2)CC1.CC1(F)CCN(C(=O)c2cnc3c(ccn3-c3cncc(-c4nn[nH]n4)c3)c2)CC1. The Kier molecular flexibility index (Phi) is 25.5. The van der Waals surface area contributed by atoms with E-state index in [1.165, 1.54) is 4.90 Å². The molecule has 12 aromatic heterocycles. The van der Waals surface area contributed by atoms with E-state index in [2.05, 4.69) is 76.5 Å². The van der Waals surface area contributed by atoms with Crippen LogP contribution in [0.3, 0.4) is 0 Å². The van der Waals surface area contributed by atoms with Crippen molar-refractivity contribution >= 4 is 79.6 Å². The smallest absolute Gasteiger partial charge is 0.255 e. The van der Waals surface area contributed by atoms with Crippen molar-refractivity contribution in [3.05, 3.63) is 217 Å². The lowest BCUT2D eigenvalue weighted by Gasteiger charge is -2.34. The van der Waals surface area contributed by atoms with Gasteiger partial charge in [-0.05, 0) is 199 Å². The van der Waals surface area contributed by atoms with E-state index in [1.807, 2.05) is 110 Å². The van der Waals surface area contributed by atoms with Crippen LogP contribution in [-0.2, 0) is 0 Å². The van der Waals surface area contributed by atoms with Gasteiger partial charge in [0, 0.05) is 184 Å². The van der Waals surface area contributed by atoms with Gasteiger partial charge in [-0.2, -0.15) is 10.4 Å². The van der Waals surface area contributed by atoms with E-state index >= 15 is 0 Å². The Hall–Kier alpha value is -13.9. The number of carbonyl (C=O) groups is 6. The van der Waals surface area contributed by atoms with Crippen LogP contribution in [0.15, 0.2) is 183 Å². The molecule has 0 spiro atoms. The third-order valence-electron chi connectivity index (χ3n) is 22.9. The van der Waals surface area contributed by atoms with E-state index in [1.54, 1.807) is 139 Å². The molecule has 16 heterocycles. The third-order valence-corrected chi connectivity index (χ3v) is 22.9. The van der Waals surface area contributed by atoms with Gasteiger partial charge in [-0.25, -0.2) is 37.5 Å². The van der Waals surface area contributed by atoms with Gasteiger partial charge >= 0.3 is 0 Å². The first-order valence-electron chi connectivity index (χ1n) is 41.1. The molecular weight excluding hydrogens is 1610 g/mol. The first kappa shape index (κ1) is 86.0. The van der Waals surface area contributed by atoms with Crippen LogP contribution >= 0.6 is 0 Å². The van der Waals surface area contributed by atoms with E-state index in [-0.39, 0.29) is 61.7 Å². The zero-order chi connectivity index (χ0) is 87.7. The summed E-state index contributed by atoms with van der Waals surface area (Å²) in [6.45, 7) is 10.4. The molecule has 4 aliphatic rings. The van der Waals surface area contributed by atoms with Crippen molar-refractivity contribution in [3.8, 4) is 45.7 Å². The number of hydrogen-bond donors (Lipinski definition) is 6. The van der Waals surface area contributed by atoms with E-state index in [0.717, 1.165) is 55.5 Å². The Labute approximate surface area is 713 Å². The van der Waals surface area contributed by atoms with Gasteiger partial charge < -0.3 is 54.9 Å². The van der Waals surface area contributed by atoms with Crippen LogP contribution < -0.4 is 11.1 Å². The number of nitrogens with zero attached hydrogens (tertiary/aromatic N) is 21. The lowest BCUT2D eigenvalue weighted by atomic mass is 9.95. The Balaban J connectivity index is 0.000000129. The van der Waals surface area contributed by atoms with E-state index < -0.39 is 22.7 Å². The normalized spacial score (nSPS) is 15.9. The maximum atomic E-state index is 14.1. The molecule has 2 aromatic carbocycles. The van der Waals surface area contributed by atoms with Crippen molar-refractivity contribution in [2.75, 3.05) is 91.8 Å². The number of alkyl halides is 4. The quantitative estimate of drug-likeness (QED) is 0.0435. The Morgan fingerprint density at radius 3 is 1.20 bits per heavy atom.